The molecule has 0 saturated carbocycles. The Hall–Kier alpha value is -2.34. The van der Waals surface area contributed by atoms with Crippen molar-refractivity contribution in [3.63, 3.8) is 0 Å². The first-order chi connectivity index (χ1) is 10.0. The normalized spacial score (nSPS) is 21.3. The summed E-state index contributed by atoms with van der Waals surface area (Å²) in [5.74, 6) is -2.49. The fourth-order valence-electron chi connectivity index (χ4n) is 2.48. The fourth-order valence-corrected chi connectivity index (χ4v) is 2.48. The highest BCUT2D eigenvalue weighted by Crippen LogP contribution is 2.31. The van der Waals surface area contributed by atoms with Crippen molar-refractivity contribution in [2.24, 2.45) is 11.8 Å². The fraction of sp³-hybridized carbons (Fsp3) is 0.333. The van der Waals surface area contributed by atoms with E-state index in [1.165, 1.54) is 0 Å². The Kier molecular flexibility index (Phi) is 4.59. The van der Waals surface area contributed by atoms with Crippen molar-refractivity contribution < 1.29 is 19.9 Å². The standard InChI is InChI=1S/C15H18N2O4/c1-9-2-7-12(15(19)20)13(8-9)14(18)16-10-3-5-11(17-21)6-4-10/h2-6,12-13,17,21H,7-8H2,1H3,(H,16,18)(H,19,20). The maximum atomic E-state index is 12.3. The lowest BCUT2D eigenvalue weighted by Crippen LogP contribution is -2.35. The zero-order valence-electron chi connectivity index (χ0n) is 11.7. The summed E-state index contributed by atoms with van der Waals surface area (Å²) in [6, 6.07) is 6.49. The van der Waals surface area contributed by atoms with Crippen LogP contribution in [0.5, 0.6) is 0 Å². The van der Waals surface area contributed by atoms with Crippen molar-refractivity contribution in [2.75, 3.05) is 10.8 Å². The molecule has 6 heteroatoms. The maximum Gasteiger partial charge on any atom is 0.307 e. The summed E-state index contributed by atoms with van der Waals surface area (Å²) in [7, 11) is 0. The van der Waals surface area contributed by atoms with E-state index < -0.39 is 17.8 Å². The molecule has 2 rings (SSSR count). The first-order valence-corrected chi connectivity index (χ1v) is 6.70. The summed E-state index contributed by atoms with van der Waals surface area (Å²) in [5.41, 5.74) is 4.11. The molecule has 0 saturated heterocycles. The molecule has 0 radical (unpaired) electrons. The molecule has 1 aliphatic carbocycles. The van der Waals surface area contributed by atoms with Crippen LogP contribution >= 0.6 is 0 Å². The van der Waals surface area contributed by atoms with Crippen LogP contribution in [0, 0.1) is 11.8 Å². The van der Waals surface area contributed by atoms with Crippen LogP contribution in [-0.2, 0) is 9.59 Å². The minimum Gasteiger partial charge on any atom is -0.481 e. The highest BCUT2D eigenvalue weighted by molar-refractivity contribution is 5.95. The van der Waals surface area contributed by atoms with Crippen molar-refractivity contribution >= 4 is 23.3 Å². The number of allylic oxidation sites excluding steroid dienone is 2. The van der Waals surface area contributed by atoms with Gasteiger partial charge in [-0.25, -0.2) is 0 Å². The highest BCUT2D eigenvalue weighted by atomic mass is 16.5. The molecule has 0 fully saturated rings. The van der Waals surface area contributed by atoms with Gasteiger partial charge in [0.25, 0.3) is 0 Å². The molecular weight excluding hydrogens is 272 g/mol. The molecule has 0 aromatic heterocycles. The predicted octanol–water partition coefficient (Wildman–Crippen LogP) is 2.48. The summed E-state index contributed by atoms with van der Waals surface area (Å²) >= 11 is 0. The van der Waals surface area contributed by atoms with Crippen molar-refractivity contribution in [1.29, 1.82) is 0 Å². The molecule has 0 heterocycles. The number of carbonyl (C=O) groups is 2. The Labute approximate surface area is 122 Å². The molecule has 4 N–H and O–H groups in total. The third kappa shape index (κ3) is 3.61. The SMILES string of the molecule is CC1=CCC(C(=O)O)C(C(=O)Nc2ccc(NO)cc2)C1. The second-order valence-corrected chi connectivity index (χ2v) is 5.22. The number of aliphatic carboxylic acids is 1. The zero-order chi connectivity index (χ0) is 15.4. The van der Waals surface area contributed by atoms with E-state index in [4.69, 9.17) is 5.21 Å². The number of carboxylic acid groups (broad SMARTS) is 1. The zero-order valence-corrected chi connectivity index (χ0v) is 11.7. The van der Waals surface area contributed by atoms with Gasteiger partial charge >= 0.3 is 5.97 Å². The third-order valence-electron chi connectivity index (χ3n) is 3.68. The second kappa shape index (κ2) is 6.41. The van der Waals surface area contributed by atoms with E-state index in [2.05, 4.69) is 5.32 Å². The van der Waals surface area contributed by atoms with Gasteiger partial charge < -0.3 is 10.4 Å². The first-order valence-electron chi connectivity index (χ1n) is 6.70. The van der Waals surface area contributed by atoms with Crippen LogP contribution < -0.4 is 10.8 Å². The van der Waals surface area contributed by atoms with E-state index >= 15 is 0 Å². The number of rotatable bonds is 4. The molecule has 0 spiro atoms. The summed E-state index contributed by atoms with van der Waals surface area (Å²) in [6.07, 6.45) is 2.72. The summed E-state index contributed by atoms with van der Waals surface area (Å²) < 4.78 is 0. The van der Waals surface area contributed by atoms with Gasteiger partial charge in [-0.3, -0.25) is 20.3 Å². The van der Waals surface area contributed by atoms with Gasteiger partial charge in [-0.2, -0.15) is 0 Å². The summed E-state index contributed by atoms with van der Waals surface area (Å²) in [6.45, 7) is 1.90. The summed E-state index contributed by atoms with van der Waals surface area (Å²) in [5, 5.41) is 20.7. The number of benzene rings is 1. The number of carboxylic acids is 1. The molecule has 21 heavy (non-hydrogen) atoms. The second-order valence-electron chi connectivity index (χ2n) is 5.22. The number of carbonyl (C=O) groups excluding carboxylic acids is 1. The van der Waals surface area contributed by atoms with E-state index in [0.29, 0.717) is 24.2 Å². The van der Waals surface area contributed by atoms with E-state index in [1.54, 1.807) is 24.3 Å². The van der Waals surface area contributed by atoms with Crippen molar-refractivity contribution in [1.82, 2.24) is 0 Å². The van der Waals surface area contributed by atoms with Crippen LogP contribution in [0.2, 0.25) is 0 Å². The molecule has 2 unspecified atom stereocenters. The number of nitrogens with one attached hydrogen (secondary N) is 2. The molecule has 1 aromatic rings. The lowest BCUT2D eigenvalue weighted by molar-refractivity contribution is -0.146. The Morgan fingerprint density at radius 3 is 2.33 bits per heavy atom. The summed E-state index contributed by atoms with van der Waals surface area (Å²) in [4.78, 5) is 23.6. The molecular formula is C15H18N2O4. The van der Waals surface area contributed by atoms with E-state index in [0.717, 1.165) is 5.57 Å². The largest absolute Gasteiger partial charge is 0.481 e. The number of amides is 1. The van der Waals surface area contributed by atoms with Gasteiger partial charge in [-0.05, 0) is 44.0 Å². The molecule has 2 atom stereocenters. The van der Waals surface area contributed by atoms with Crippen LogP contribution in [0.4, 0.5) is 11.4 Å². The van der Waals surface area contributed by atoms with Crippen LogP contribution in [0.15, 0.2) is 35.9 Å². The van der Waals surface area contributed by atoms with Gasteiger partial charge in [0.15, 0.2) is 0 Å². The van der Waals surface area contributed by atoms with Crippen LogP contribution in [0.25, 0.3) is 0 Å². The number of hydrogen-bond acceptors (Lipinski definition) is 4. The molecule has 1 aromatic carbocycles. The minimum atomic E-state index is -0.946. The smallest absolute Gasteiger partial charge is 0.307 e. The van der Waals surface area contributed by atoms with Crippen LogP contribution in [0.3, 0.4) is 0 Å². The first kappa shape index (κ1) is 15.1. The molecule has 112 valence electrons. The average molecular weight is 290 g/mol. The van der Waals surface area contributed by atoms with Crippen molar-refractivity contribution in [3.8, 4) is 0 Å². The van der Waals surface area contributed by atoms with Crippen molar-refractivity contribution in [2.45, 2.75) is 19.8 Å². The Morgan fingerprint density at radius 1 is 1.14 bits per heavy atom. The quantitative estimate of drug-likeness (QED) is 0.504. The van der Waals surface area contributed by atoms with Gasteiger partial charge in [0, 0.05) is 5.69 Å². The highest BCUT2D eigenvalue weighted by Gasteiger charge is 2.35. The van der Waals surface area contributed by atoms with Gasteiger partial charge in [0.2, 0.25) is 5.91 Å². The minimum absolute atomic E-state index is 0.292. The van der Waals surface area contributed by atoms with Gasteiger partial charge in [-0.15, -0.1) is 0 Å². The Morgan fingerprint density at radius 2 is 1.76 bits per heavy atom. The van der Waals surface area contributed by atoms with Crippen molar-refractivity contribution in [3.05, 3.63) is 35.9 Å². The molecule has 0 aliphatic heterocycles. The lowest BCUT2D eigenvalue weighted by atomic mass is 9.79. The topological polar surface area (TPSA) is 98.7 Å². The maximum absolute atomic E-state index is 12.3. The van der Waals surface area contributed by atoms with Gasteiger partial charge in [0.05, 0.1) is 17.5 Å². The van der Waals surface area contributed by atoms with E-state index in [-0.39, 0.29) is 5.91 Å². The monoisotopic (exact) mass is 290 g/mol. The Balaban J connectivity index is 2.10. The third-order valence-corrected chi connectivity index (χ3v) is 3.68. The van der Waals surface area contributed by atoms with Crippen LogP contribution in [0.1, 0.15) is 19.8 Å². The molecule has 1 amide bonds. The molecule has 1 aliphatic rings. The molecule has 6 nitrogen and oxygen atoms in total. The number of anilines is 2. The van der Waals surface area contributed by atoms with Crippen LogP contribution in [-0.4, -0.2) is 22.2 Å². The predicted molar refractivity (Wildman–Crippen MR) is 78.1 cm³/mol. The average Bonchev–Trinajstić information content (AvgIpc) is 2.47. The molecule has 0 bridgehead atoms. The van der Waals surface area contributed by atoms with Gasteiger partial charge in [-0.1, -0.05) is 11.6 Å². The van der Waals surface area contributed by atoms with Gasteiger partial charge in [0.1, 0.15) is 0 Å². The Bertz CT molecular complexity index is 566. The lowest BCUT2D eigenvalue weighted by Gasteiger charge is -2.26. The van der Waals surface area contributed by atoms with E-state index in [9.17, 15) is 14.7 Å². The number of hydrogen-bond donors (Lipinski definition) is 4. The van der Waals surface area contributed by atoms with E-state index in [1.807, 2.05) is 18.5 Å².